The van der Waals surface area contributed by atoms with Gasteiger partial charge in [0, 0.05) is 11.8 Å². The fourth-order valence-corrected chi connectivity index (χ4v) is 3.58. The maximum absolute atomic E-state index is 13.0. The van der Waals surface area contributed by atoms with Crippen LogP contribution in [0.5, 0.6) is 11.5 Å². The molecule has 0 heterocycles. The highest BCUT2D eigenvalue weighted by Gasteiger charge is 2.30. The lowest BCUT2D eigenvalue weighted by atomic mass is 10.1. The second-order valence-electron chi connectivity index (χ2n) is 5.65. The van der Waals surface area contributed by atoms with E-state index in [9.17, 15) is 17.6 Å². The van der Waals surface area contributed by atoms with Crippen molar-refractivity contribution in [3.05, 3.63) is 47.8 Å². The third-order valence-corrected chi connectivity index (χ3v) is 6.04. The number of carbonyl (C=O) groups is 1. The Balaban J connectivity index is 2.28. The van der Waals surface area contributed by atoms with E-state index in [1.165, 1.54) is 21.1 Å². The molecule has 1 N–H and O–H groups in total. The number of nitrogens with one attached hydrogen (secondary N) is 1. The molecule has 0 aliphatic carbocycles. The third kappa shape index (κ3) is 3.96. The van der Waals surface area contributed by atoms with Crippen LogP contribution in [0.25, 0.3) is 0 Å². The minimum atomic E-state index is -3.95. The SMILES string of the molecule is COc1cc(C)c(NC(=O)C(C)S(=O)(=O)c2ccc(F)cc2)cc1OC. The molecule has 0 saturated carbocycles. The van der Waals surface area contributed by atoms with Crippen molar-refractivity contribution >= 4 is 21.4 Å². The van der Waals surface area contributed by atoms with Crippen molar-refractivity contribution in [2.45, 2.75) is 24.0 Å². The van der Waals surface area contributed by atoms with Crippen LogP contribution in [0.15, 0.2) is 41.3 Å². The molecule has 1 unspecified atom stereocenters. The van der Waals surface area contributed by atoms with Gasteiger partial charge >= 0.3 is 0 Å². The molecule has 1 amide bonds. The van der Waals surface area contributed by atoms with Crippen LogP contribution >= 0.6 is 0 Å². The molecule has 140 valence electrons. The second kappa shape index (κ2) is 7.74. The van der Waals surface area contributed by atoms with Gasteiger partial charge < -0.3 is 14.8 Å². The molecule has 8 heteroatoms. The van der Waals surface area contributed by atoms with Gasteiger partial charge in [0.25, 0.3) is 0 Å². The van der Waals surface area contributed by atoms with Crippen LogP contribution in [0.4, 0.5) is 10.1 Å². The smallest absolute Gasteiger partial charge is 0.242 e. The van der Waals surface area contributed by atoms with Crippen molar-refractivity contribution < 1.29 is 27.1 Å². The number of carbonyl (C=O) groups excluding carboxylic acids is 1. The summed E-state index contributed by atoms with van der Waals surface area (Å²) in [5.41, 5.74) is 1.09. The largest absolute Gasteiger partial charge is 0.493 e. The monoisotopic (exact) mass is 381 g/mol. The topological polar surface area (TPSA) is 81.7 Å². The number of benzene rings is 2. The zero-order valence-electron chi connectivity index (χ0n) is 14.9. The second-order valence-corrected chi connectivity index (χ2v) is 7.92. The zero-order valence-corrected chi connectivity index (χ0v) is 15.7. The van der Waals surface area contributed by atoms with Gasteiger partial charge in [-0.1, -0.05) is 0 Å². The molecule has 2 aromatic carbocycles. The first kappa shape index (κ1) is 19.7. The number of rotatable bonds is 6. The number of hydrogen-bond acceptors (Lipinski definition) is 5. The Kier molecular flexibility index (Phi) is 5.86. The summed E-state index contributed by atoms with van der Waals surface area (Å²) in [6.07, 6.45) is 0. The first-order valence-electron chi connectivity index (χ1n) is 7.73. The number of hydrogen-bond donors (Lipinski definition) is 1. The lowest BCUT2D eigenvalue weighted by Crippen LogP contribution is -2.32. The molecule has 0 radical (unpaired) electrons. The summed E-state index contributed by atoms with van der Waals surface area (Å²) in [6.45, 7) is 3.03. The van der Waals surface area contributed by atoms with Crippen molar-refractivity contribution in [3.8, 4) is 11.5 Å². The molecular formula is C18H20FNO5S. The molecule has 2 rings (SSSR count). The Morgan fingerprint density at radius 1 is 1.08 bits per heavy atom. The Morgan fingerprint density at radius 3 is 2.15 bits per heavy atom. The maximum atomic E-state index is 13.0. The van der Waals surface area contributed by atoms with Gasteiger partial charge in [0.05, 0.1) is 19.1 Å². The van der Waals surface area contributed by atoms with Gasteiger partial charge in [-0.05, 0) is 49.7 Å². The van der Waals surface area contributed by atoms with Gasteiger partial charge in [0.15, 0.2) is 21.3 Å². The molecule has 0 aliphatic heterocycles. The van der Waals surface area contributed by atoms with Crippen LogP contribution in [0.3, 0.4) is 0 Å². The third-order valence-electron chi connectivity index (χ3n) is 3.97. The Bertz CT molecular complexity index is 910. The highest BCUT2D eigenvalue weighted by atomic mass is 32.2. The number of anilines is 1. The molecule has 0 bridgehead atoms. The molecule has 0 aromatic heterocycles. The van der Waals surface area contributed by atoms with Crippen molar-refractivity contribution in [1.29, 1.82) is 0 Å². The summed E-state index contributed by atoms with van der Waals surface area (Å²) in [5, 5.41) is 1.23. The van der Waals surface area contributed by atoms with E-state index in [-0.39, 0.29) is 4.90 Å². The predicted molar refractivity (Wildman–Crippen MR) is 96.0 cm³/mol. The number of amides is 1. The van der Waals surface area contributed by atoms with E-state index in [4.69, 9.17) is 9.47 Å². The van der Waals surface area contributed by atoms with Crippen LogP contribution in [-0.4, -0.2) is 33.8 Å². The predicted octanol–water partition coefficient (Wildman–Crippen LogP) is 2.95. The normalized spacial score (nSPS) is 12.3. The Hall–Kier alpha value is -2.61. The first-order valence-corrected chi connectivity index (χ1v) is 9.28. The lowest BCUT2D eigenvalue weighted by Gasteiger charge is -2.16. The van der Waals surface area contributed by atoms with E-state index in [0.717, 1.165) is 24.3 Å². The average Bonchev–Trinajstić information content (AvgIpc) is 2.62. The molecular weight excluding hydrogens is 361 g/mol. The van der Waals surface area contributed by atoms with Crippen LogP contribution in [0.1, 0.15) is 12.5 Å². The summed E-state index contributed by atoms with van der Waals surface area (Å²) >= 11 is 0. The van der Waals surface area contributed by atoms with Gasteiger partial charge in [0.2, 0.25) is 5.91 Å². The molecule has 0 saturated heterocycles. The van der Waals surface area contributed by atoms with Crippen molar-refractivity contribution in [2.24, 2.45) is 0 Å². The molecule has 26 heavy (non-hydrogen) atoms. The fraction of sp³-hybridized carbons (Fsp3) is 0.278. The van der Waals surface area contributed by atoms with Gasteiger partial charge in [-0.15, -0.1) is 0 Å². The average molecular weight is 381 g/mol. The van der Waals surface area contributed by atoms with Crippen LogP contribution < -0.4 is 14.8 Å². The van der Waals surface area contributed by atoms with Crippen LogP contribution in [0.2, 0.25) is 0 Å². The molecule has 1 atom stereocenters. The van der Waals surface area contributed by atoms with Crippen LogP contribution in [0, 0.1) is 12.7 Å². The molecule has 0 spiro atoms. The summed E-state index contributed by atoms with van der Waals surface area (Å²) < 4.78 is 48.5. The highest BCUT2D eigenvalue weighted by molar-refractivity contribution is 7.92. The van der Waals surface area contributed by atoms with E-state index in [0.29, 0.717) is 22.7 Å². The molecule has 0 aliphatic rings. The lowest BCUT2D eigenvalue weighted by molar-refractivity contribution is -0.115. The van der Waals surface area contributed by atoms with E-state index >= 15 is 0 Å². The summed E-state index contributed by atoms with van der Waals surface area (Å²) in [5.74, 6) is -0.357. The quantitative estimate of drug-likeness (QED) is 0.778. The van der Waals surface area contributed by atoms with Gasteiger partial charge in [-0.2, -0.15) is 0 Å². The maximum Gasteiger partial charge on any atom is 0.242 e. The van der Waals surface area contributed by atoms with Gasteiger partial charge in [-0.3, -0.25) is 4.79 Å². The number of aryl methyl sites for hydroxylation is 1. The Labute approximate surface area is 151 Å². The number of methoxy groups -OCH3 is 2. The van der Waals surface area contributed by atoms with Gasteiger partial charge in [-0.25, -0.2) is 12.8 Å². The highest BCUT2D eigenvalue weighted by Crippen LogP contribution is 2.33. The summed E-state index contributed by atoms with van der Waals surface area (Å²) in [7, 11) is -0.999. The van der Waals surface area contributed by atoms with Crippen molar-refractivity contribution in [3.63, 3.8) is 0 Å². The van der Waals surface area contributed by atoms with Crippen LogP contribution in [-0.2, 0) is 14.6 Å². The minimum Gasteiger partial charge on any atom is -0.493 e. The summed E-state index contributed by atoms with van der Waals surface area (Å²) in [4.78, 5) is 12.3. The van der Waals surface area contributed by atoms with E-state index < -0.39 is 26.8 Å². The summed E-state index contributed by atoms with van der Waals surface area (Å²) in [6, 6.07) is 7.58. The molecule has 2 aromatic rings. The number of halogens is 1. The van der Waals surface area contributed by atoms with Crippen molar-refractivity contribution in [2.75, 3.05) is 19.5 Å². The van der Waals surface area contributed by atoms with Crippen molar-refractivity contribution in [1.82, 2.24) is 0 Å². The van der Waals surface area contributed by atoms with E-state index in [1.54, 1.807) is 19.1 Å². The minimum absolute atomic E-state index is 0.120. The first-order chi connectivity index (χ1) is 12.2. The zero-order chi connectivity index (χ0) is 19.5. The molecule has 0 fully saturated rings. The molecule has 6 nitrogen and oxygen atoms in total. The van der Waals surface area contributed by atoms with Gasteiger partial charge in [0.1, 0.15) is 11.1 Å². The van der Waals surface area contributed by atoms with E-state index in [1.807, 2.05) is 0 Å². The Morgan fingerprint density at radius 2 is 1.62 bits per heavy atom. The standard InChI is InChI=1S/C18H20FNO5S/c1-11-9-16(24-3)17(25-4)10-15(11)20-18(21)12(2)26(22,23)14-7-5-13(19)6-8-14/h5-10,12H,1-4H3,(H,20,21). The number of ether oxygens (including phenoxy) is 2. The number of sulfone groups is 1. The fourth-order valence-electron chi connectivity index (χ4n) is 2.32. The van der Waals surface area contributed by atoms with E-state index in [2.05, 4.69) is 5.32 Å².